The normalized spacial score (nSPS) is 19.1. The maximum atomic E-state index is 13.2. The van der Waals surface area contributed by atoms with Gasteiger partial charge in [-0.1, -0.05) is 19.4 Å². The molecule has 1 aliphatic heterocycles. The molecule has 2 heterocycles. The number of pyridine rings is 1. The highest BCUT2D eigenvalue weighted by Gasteiger charge is 2.34. The van der Waals surface area contributed by atoms with Gasteiger partial charge in [0, 0.05) is 43.0 Å². The number of benzene rings is 1. The summed E-state index contributed by atoms with van der Waals surface area (Å²) in [5, 5.41) is 9.51. The molecule has 1 aromatic carbocycles. The molecule has 194 valence electrons. The van der Waals surface area contributed by atoms with Crippen LogP contribution in [0.3, 0.4) is 0 Å². The first-order valence-electron chi connectivity index (χ1n) is 13.9. The van der Waals surface area contributed by atoms with Crippen LogP contribution in [0, 0.1) is 0 Å². The molecule has 0 radical (unpaired) electrons. The second-order valence-corrected chi connectivity index (χ2v) is 11.3. The van der Waals surface area contributed by atoms with Crippen molar-refractivity contribution in [2.75, 3.05) is 13.1 Å². The number of rotatable bonds is 10. The first kappa shape index (κ1) is 25.1. The minimum absolute atomic E-state index is 0.109. The molecule has 1 N–H and O–H groups in total. The van der Waals surface area contributed by atoms with Crippen LogP contribution in [0.5, 0.6) is 5.75 Å². The third kappa shape index (κ3) is 5.39. The van der Waals surface area contributed by atoms with Crippen LogP contribution in [-0.2, 0) is 13.0 Å². The van der Waals surface area contributed by atoms with E-state index in [1.54, 1.807) is 22.4 Å². The predicted molar refractivity (Wildman–Crippen MR) is 141 cm³/mol. The number of aromatic carboxylic acids is 1. The van der Waals surface area contributed by atoms with Crippen molar-refractivity contribution < 1.29 is 14.6 Å². The van der Waals surface area contributed by atoms with Crippen LogP contribution in [0.1, 0.15) is 116 Å². The van der Waals surface area contributed by atoms with Crippen LogP contribution in [-0.4, -0.2) is 39.7 Å². The summed E-state index contributed by atoms with van der Waals surface area (Å²) >= 11 is 0. The Labute approximate surface area is 214 Å². The van der Waals surface area contributed by atoms with Gasteiger partial charge in [-0.15, -0.1) is 0 Å². The molecular weight excluding hydrogens is 452 g/mol. The van der Waals surface area contributed by atoms with Crippen molar-refractivity contribution in [1.82, 2.24) is 9.47 Å². The number of ether oxygens (including phenoxy) is 1. The number of carboxylic acid groups (broad SMARTS) is 1. The molecule has 0 spiro atoms. The quantitative estimate of drug-likeness (QED) is 0.449. The first-order valence-corrected chi connectivity index (χ1v) is 13.9. The molecule has 1 saturated heterocycles. The maximum Gasteiger partial charge on any atom is 0.336 e. The van der Waals surface area contributed by atoms with Gasteiger partial charge < -0.3 is 14.4 Å². The van der Waals surface area contributed by atoms with Gasteiger partial charge in [0.25, 0.3) is 5.56 Å². The van der Waals surface area contributed by atoms with E-state index in [2.05, 4.69) is 30.9 Å². The Morgan fingerprint density at radius 1 is 1.06 bits per heavy atom. The monoisotopic (exact) mass is 492 g/mol. The summed E-state index contributed by atoms with van der Waals surface area (Å²) in [6.07, 6.45) is 10.1. The van der Waals surface area contributed by atoms with Gasteiger partial charge in [-0.25, -0.2) is 4.79 Å². The molecule has 3 fully saturated rings. The van der Waals surface area contributed by atoms with E-state index in [-0.39, 0.29) is 23.3 Å². The van der Waals surface area contributed by atoms with Crippen LogP contribution in [0.2, 0.25) is 0 Å². The second-order valence-electron chi connectivity index (χ2n) is 11.3. The van der Waals surface area contributed by atoms with E-state index in [1.807, 2.05) is 6.92 Å². The standard InChI is InChI=1S/C30H40N2O4/c1-4-5-24-25(30(34)35)12-15-32(29(24)33)23-10-13-31(14-11-23)18-22-16-26(20-6-7-20)27(21-8-9-21)17-28(22)36-19(2)3/h12,15-17,19-21,23H,4-11,13-14,18H2,1-3H3,(H,34,35). The molecule has 1 aromatic heterocycles. The number of likely N-dealkylation sites (tertiary alicyclic amines) is 1. The van der Waals surface area contributed by atoms with Gasteiger partial charge in [-0.2, -0.15) is 0 Å². The van der Waals surface area contributed by atoms with E-state index in [9.17, 15) is 14.7 Å². The van der Waals surface area contributed by atoms with Crippen molar-refractivity contribution in [3.63, 3.8) is 0 Å². The van der Waals surface area contributed by atoms with Crippen LogP contribution < -0.4 is 10.3 Å². The number of hydrogen-bond donors (Lipinski definition) is 1. The fraction of sp³-hybridized carbons (Fsp3) is 0.600. The van der Waals surface area contributed by atoms with Crippen LogP contribution >= 0.6 is 0 Å². The molecular formula is C30H40N2O4. The predicted octanol–water partition coefficient (Wildman–Crippen LogP) is 5.88. The molecule has 5 rings (SSSR count). The molecule has 2 aliphatic carbocycles. The zero-order valence-electron chi connectivity index (χ0n) is 22.0. The van der Waals surface area contributed by atoms with Gasteiger partial charge in [0.15, 0.2) is 0 Å². The highest BCUT2D eigenvalue weighted by molar-refractivity contribution is 5.89. The lowest BCUT2D eigenvalue weighted by molar-refractivity contribution is 0.0695. The fourth-order valence-corrected chi connectivity index (χ4v) is 5.81. The Morgan fingerprint density at radius 2 is 1.69 bits per heavy atom. The fourth-order valence-electron chi connectivity index (χ4n) is 5.81. The molecule has 6 heteroatoms. The summed E-state index contributed by atoms with van der Waals surface area (Å²) in [5.41, 5.74) is 4.84. The highest BCUT2D eigenvalue weighted by atomic mass is 16.5. The molecule has 0 amide bonds. The maximum absolute atomic E-state index is 13.2. The number of carboxylic acids is 1. The van der Waals surface area contributed by atoms with Gasteiger partial charge >= 0.3 is 5.97 Å². The van der Waals surface area contributed by atoms with Crippen molar-refractivity contribution in [2.24, 2.45) is 0 Å². The van der Waals surface area contributed by atoms with Gasteiger partial charge in [-0.05, 0) is 93.9 Å². The Hall–Kier alpha value is -2.60. The Morgan fingerprint density at radius 3 is 2.25 bits per heavy atom. The van der Waals surface area contributed by atoms with E-state index in [1.165, 1.54) is 36.8 Å². The Bertz CT molecular complexity index is 1170. The van der Waals surface area contributed by atoms with Crippen LogP contribution in [0.25, 0.3) is 0 Å². The van der Waals surface area contributed by atoms with Crippen LogP contribution in [0.15, 0.2) is 29.2 Å². The van der Waals surface area contributed by atoms with Crippen molar-refractivity contribution in [3.05, 3.63) is 62.6 Å². The first-order chi connectivity index (χ1) is 17.4. The van der Waals surface area contributed by atoms with E-state index in [0.717, 1.165) is 56.5 Å². The van der Waals surface area contributed by atoms with E-state index in [0.29, 0.717) is 12.0 Å². The minimum atomic E-state index is -1.02. The number of hydrogen-bond acceptors (Lipinski definition) is 4. The summed E-state index contributed by atoms with van der Waals surface area (Å²) in [5.74, 6) is 1.48. The number of aromatic nitrogens is 1. The summed E-state index contributed by atoms with van der Waals surface area (Å²) in [4.78, 5) is 27.3. The molecule has 0 bridgehead atoms. The lowest BCUT2D eigenvalue weighted by atomic mass is 9.95. The molecule has 0 unspecified atom stereocenters. The van der Waals surface area contributed by atoms with Gasteiger partial charge in [0.1, 0.15) is 5.75 Å². The molecule has 2 aromatic rings. The Balaban J connectivity index is 1.32. The topological polar surface area (TPSA) is 71.8 Å². The smallest absolute Gasteiger partial charge is 0.336 e. The highest BCUT2D eigenvalue weighted by Crippen LogP contribution is 2.51. The van der Waals surface area contributed by atoms with Crippen molar-refractivity contribution in [2.45, 2.75) is 103 Å². The van der Waals surface area contributed by atoms with E-state index >= 15 is 0 Å². The SMILES string of the molecule is CCCc1c(C(=O)O)ccn(C2CCN(Cc3cc(C4CC4)c(C4CC4)cc3OC(C)C)CC2)c1=O. The van der Waals surface area contributed by atoms with Gasteiger partial charge in [0.2, 0.25) is 0 Å². The minimum Gasteiger partial charge on any atom is -0.491 e. The zero-order chi connectivity index (χ0) is 25.4. The lowest BCUT2D eigenvalue weighted by Gasteiger charge is -2.34. The Kier molecular flexibility index (Phi) is 7.25. The summed E-state index contributed by atoms with van der Waals surface area (Å²) in [6.45, 7) is 8.86. The van der Waals surface area contributed by atoms with E-state index in [4.69, 9.17) is 4.74 Å². The molecule has 6 nitrogen and oxygen atoms in total. The summed E-state index contributed by atoms with van der Waals surface area (Å²) < 4.78 is 8.10. The number of piperidine rings is 1. The van der Waals surface area contributed by atoms with Crippen molar-refractivity contribution >= 4 is 5.97 Å². The molecule has 2 saturated carbocycles. The average Bonchev–Trinajstić information content (AvgIpc) is 3.75. The van der Waals surface area contributed by atoms with Gasteiger partial charge in [0.05, 0.1) is 11.7 Å². The number of nitrogens with zero attached hydrogens (tertiary/aromatic N) is 2. The molecule has 3 aliphatic rings. The van der Waals surface area contributed by atoms with E-state index < -0.39 is 5.97 Å². The molecule has 36 heavy (non-hydrogen) atoms. The van der Waals surface area contributed by atoms with Crippen molar-refractivity contribution in [3.8, 4) is 5.75 Å². The largest absolute Gasteiger partial charge is 0.491 e. The second kappa shape index (κ2) is 10.4. The summed E-state index contributed by atoms with van der Waals surface area (Å²) in [6, 6.07) is 6.52. The molecule has 0 atom stereocenters. The summed E-state index contributed by atoms with van der Waals surface area (Å²) in [7, 11) is 0. The lowest BCUT2D eigenvalue weighted by Crippen LogP contribution is -2.38. The zero-order valence-corrected chi connectivity index (χ0v) is 22.0. The van der Waals surface area contributed by atoms with Crippen molar-refractivity contribution in [1.29, 1.82) is 0 Å². The van der Waals surface area contributed by atoms with Gasteiger partial charge in [-0.3, -0.25) is 9.69 Å². The number of carbonyl (C=O) groups is 1. The third-order valence-electron chi connectivity index (χ3n) is 7.96. The third-order valence-corrected chi connectivity index (χ3v) is 7.96. The van der Waals surface area contributed by atoms with Crippen LogP contribution in [0.4, 0.5) is 0 Å². The average molecular weight is 493 g/mol.